The van der Waals surface area contributed by atoms with Crippen LogP contribution in [0.4, 0.5) is 9.59 Å². The van der Waals surface area contributed by atoms with Crippen molar-refractivity contribution in [2.45, 2.75) is 95.4 Å². The molecule has 4 amide bonds. The topological polar surface area (TPSA) is 202 Å². The van der Waals surface area contributed by atoms with Crippen LogP contribution in [0.3, 0.4) is 0 Å². The van der Waals surface area contributed by atoms with E-state index >= 15 is 0 Å². The van der Waals surface area contributed by atoms with Crippen molar-refractivity contribution in [2.75, 3.05) is 35.0 Å². The number of hydrogen-bond acceptors (Lipinski definition) is 11. The molecule has 5 aromatic rings. The maximum atomic E-state index is 13.9. The molecule has 17 heteroatoms. The van der Waals surface area contributed by atoms with Crippen LogP contribution in [0.25, 0.3) is 44.2 Å². The molecular formula is C44H52N8O9. The number of rotatable bonds is 11. The van der Waals surface area contributed by atoms with Crippen molar-refractivity contribution in [3.8, 4) is 28.1 Å². The van der Waals surface area contributed by atoms with E-state index in [1.54, 1.807) is 22.9 Å². The number of carbonyl (C=O) groups excluding carboxylic acids is 4. The van der Waals surface area contributed by atoms with Crippen molar-refractivity contribution in [2.24, 2.45) is 0 Å². The number of likely N-dealkylation sites (tertiary alicyclic amines) is 2. The van der Waals surface area contributed by atoms with Gasteiger partial charge in [-0.05, 0) is 92.8 Å². The third-order valence-electron chi connectivity index (χ3n) is 12.4. The molecule has 0 spiro atoms. The van der Waals surface area contributed by atoms with Crippen LogP contribution in [-0.4, -0.2) is 119 Å². The molecule has 5 heterocycles. The second-order valence-electron chi connectivity index (χ2n) is 16.1. The lowest BCUT2D eigenvalue weighted by Gasteiger charge is -2.33. The fraction of sp³-hybridized carbons (Fsp3) is 0.455. The number of aromatic nitrogens is 4. The summed E-state index contributed by atoms with van der Waals surface area (Å²) in [5, 5.41) is 7.18. The van der Waals surface area contributed by atoms with Gasteiger partial charge in [0.2, 0.25) is 11.8 Å². The van der Waals surface area contributed by atoms with Gasteiger partial charge in [-0.1, -0.05) is 18.2 Å². The van der Waals surface area contributed by atoms with Crippen LogP contribution in [0.5, 0.6) is 5.75 Å². The predicted octanol–water partition coefficient (Wildman–Crippen LogP) is 5.90. The Bertz CT molecular complexity index is 2480. The highest BCUT2D eigenvalue weighted by atomic mass is 16.5. The van der Waals surface area contributed by atoms with Crippen LogP contribution in [0.15, 0.2) is 48.7 Å². The minimum atomic E-state index is -0.929. The van der Waals surface area contributed by atoms with Gasteiger partial charge >= 0.3 is 12.2 Å². The van der Waals surface area contributed by atoms with E-state index in [1.165, 1.54) is 28.4 Å². The Labute approximate surface area is 352 Å². The van der Waals surface area contributed by atoms with Gasteiger partial charge in [0.1, 0.15) is 36.1 Å². The van der Waals surface area contributed by atoms with Gasteiger partial charge in [0.25, 0.3) is 0 Å². The Morgan fingerprint density at radius 2 is 1.54 bits per heavy atom. The molecule has 7 unspecified atom stereocenters. The number of H-pyrrole nitrogens is 2. The van der Waals surface area contributed by atoms with Gasteiger partial charge in [0, 0.05) is 37.3 Å². The largest absolute Gasteiger partial charge is 0.488 e. The lowest BCUT2D eigenvalue weighted by Crippen LogP contribution is -2.55. The van der Waals surface area contributed by atoms with E-state index < -0.39 is 30.4 Å². The third-order valence-corrected chi connectivity index (χ3v) is 12.4. The number of fused-ring (bicyclic) bond motifs is 6. The summed E-state index contributed by atoms with van der Waals surface area (Å²) in [6.45, 7) is 6.10. The minimum absolute atomic E-state index is 0.00602. The number of alkyl carbamates (subject to hydrolysis) is 2. The number of aromatic amines is 2. The summed E-state index contributed by atoms with van der Waals surface area (Å²) >= 11 is 0. The van der Waals surface area contributed by atoms with Gasteiger partial charge < -0.3 is 54.1 Å². The van der Waals surface area contributed by atoms with E-state index in [9.17, 15) is 19.2 Å². The monoisotopic (exact) mass is 836 g/mol. The zero-order valence-electron chi connectivity index (χ0n) is 35.4. The summed E-state index contributed by atoms with van der Waals surface area (Å²) in [5.41, 5.74) is 6.42. The normalized spacial score (nSPS) is 21.0. The van der Waals surface area contributed by atoms with E-state index in [-0.39, 0.29) is 42.6 Å². The van der Waals surface area contributed by atoms with Crippen LogP contribution < -0.4 is 15.4 Å². The van der Waals surface area contributed by atoms with Crippen molar-refractivity contribution >= 4 is 45.8 Å². The summed E-state index contributed by atoms with van der Waals surface area (Å²) in [5.74, 6) is 1.57. The van der Waals surface area contributed by atoms with Crippen LogP contribution in [0.2, 0.25) is 0 Å². The molecule has 17 nitrogen and oxygen atoms in total. The van der Waals surface area contributed by atoms with Gasteiger partial charge in [-0.25, -0.2) is 19.6 Å². The summed E-state index contributed by atoms with van der Waals surface area (Å²) < 4.78 is 26.7. The Hall–Kier alpha value is -6.20. The van der Waals surface area contributed by atoms with Gasteiger partial charge in [0.05, 0.1) is 61.9 Å². The summed E-state index contributed by atoms with van der Waals surface area (Å²) in [6, 6.07) is 11.9. The van der Waals surface area contributed by atoms with Gasteiger partial charge in [-0.15, -0.1) is 0 Å². The number of imidazole rings is 2. The number of nitrogens with one attached hydrogen (secondary N) is 4. The highest BCUT2D eigenvalue weighted by Gasteiger charge is 2.43. The molecule has 0 bridgehead atoms. The molecule has 3 aliphatic heterocycles. The van der Waals surface area contributed by atoms with E-state index in [0.717, 1.165) is 68.3 Å². The number of methoxy groups -OCH3 is 4. The predicted molar refractivity (Wildman–Crippen MR) is 225 cm³/mol. The number of ether oxygens (including phenoxy) is 5. The van der Waals surface area contributed by atoms with E-state index in [4.69, 9.17) is 33.7 Å². The van der Waals surface area contributed by atoms with Crippen molar-refractivity contribution < 1.29 is 42.9 Å². The first-order valence-electron chi connectivity index (χ1n) is 20.6. The molecule has 8 rings (SSSR count). The second kappa shape index (κ2) is 17.0. The fourth-order valence-corrected chi connectivity index (χ4v) is 9.12. The van der Waals surface area contributed by atoms with Crippen molar-refractivity contribution in [3.05, 3.63) is 65.9 Å². The first-order valence-corrected chi connectivity index (χ1v) is 20.6. The molecule has 0 saturated carbocycles. The fourth-order valence-electron chi connectivity index (χ4n) is 9.12. The van der Waals surface area contributed by atoms with Crippen LogP contribution in [-0.2, 0) is 35.1 Å². The molecule has 322 valence electrons. The molecule has 7 atom stereocenters. The summed E-state index contributed by atoms with van der Waals surface area (Å²) in [6.07, 6.45) is 2.79. The lowest BCUT2D eigenvalue weighted by molar-refractivity contribution is -0.139. The highest BCUT2D eigenvalue weighted by molar-refractivity contribution is 6.07. The smallest absolute Gasteiger partial charge is 0.407 e. The quantitative estimate of drug-likeness (QED) is 0.123. The maximum absolute atomic E-state index is 13.9. The Morgan fingerprint density at radius 1 is 0.836 bits per heavy atom. The molecular weight excluding hydrogens is 785 g/mol. The zero-order valence-corrected chi connectivity index (χ0v) is 35.4. The van der Waals surface area contributed by atoms with Gasteiger partial charge in [0.15, 0.2) is 0 Å². The molecule has 2 fully saturated rings. The first-order chi connectivity index (χ1) is 29.4. The number of amides is 4. The molecule has 0 radical (unpaired) electrons. The van der Waals surface area contributed by atoms with Crippen LogP contribution >= 0.6 is 0 Å². The lowest BCUT2D eigenvalue weighted by atomic mass is 9.92. The molecule has 3 aliphatic rings. The number of nitrogens with zero attached hydrogens (tertiary/aromatic N) is 4. The maximum Gasteiger partial charge on any atom is 0.407 e. The Morgan fingerprint density at radius 3 is 2.25 bits per heavy atom. The third kappa shape index (κ3) is 7.71. The Balaban J connectivity index is 1.04. The van der Waals surface area contributed by atoms with Crippen LogP contribution in [0, 0.1) is 0 Å². The van der Waals surface area contributed by atoms with Gasteiger partial charge in [-0.3, -0.25) is 9.59 Å². The average Bonchev–Trinajstić information content (AvgIpc) is 4.09. The molecule has 4 N–H and O–H groups in total. The average molecular weight is 837 g/mol. The number of benzene rings is 3. The molecule has 0 aliphatic carbocycles. The van der Waals surface area contributed by atoms with Crippen molar-refractivity contribution in [1.29, 1.82) is 0 Å². The van der Waals surface area contributed by atoms with E-state index in [1.807, 2.05) is 26.0 Å². The van der Waals surface area contributed by atoms with Crippen molar-refractivity contribution in [3.63, 3.8) is 0 Å². The van der Waals surface area contributed by atoms with E-state index in [2.05, 4.69) is 50.9 Å². The molecule has 2 aromatic heterocycles. The molecule has 61 heavy (non-hydrogen) atoms. The summed E-state index contributed by atoms with van der Waals surface area (Å²) in [7, 11) is 5.50. The molecule has 3 aromatic carbocycles. The first kappa shape index (κ1) is 41.5. The minimum Gasteiger partial charge on any atom is -0.488 e. The standard InChI is InChI=1S/C44H52N8O9/c1-22-9-15-35(51(22)41(53)33(21-57-4)48-43(55)59-6)40-46-31-13-11-25-17-30-28-12-10-26(16-27(28)20-61-36(30)18-29(25)38(31)49-40)32-19-45-39(47-32)34-14-8-23(2)52(34)42(54)37(24(3)58-5)50-44(56)60-7/h10-13,16-19,22-24,33-35,37H,8-9,14-15,20-21H2,1-7H3,(H,45,47)(H,46,49)(H,48,55)(H,50,56). The van der Waals surface area contributed by atoms with Crippen molar-refractivity contribution in [1.82, 2.24) is 40.4 Å². The summed E-state index contributed by atoms with van der Waals surface area (Å²) in [4.78, 5) is 72.4. The molecule has 2 saturated heterocycles. The highest BCUT2D eigenvalue weighted by Crippen LogP contribution is 2.44. The Kier molecular flexibility index (Phi) is 11.6. The second-order valence-corrected chi connectivity index (χ2v) is 16.1. The zero-order chi connectivity index (χ0) is 43.1. The van der Waals surface area contributed by atoms with Crippen LogP contribution in [0.1, 0.15) is 75.8 Å². The number of hydrogen-bond donors (Lipinski definition) is 4. The number of carbonyl (C=O) groups is 4. The van der Waals surface area contributed by atoms with E-state index in [0.29, 0.717) is 31.1 Å². The van der Waals surface area contributed by atoms with Gasteiger partial charge in [-0.2, -0.15) is 0 Å². The SMILES string of the molecule is COCC(NC(=O)OC)C(=O)N1C(C)CCC1c1nc2c(ccc3cc4c(cc32)OCc2cc(-c3cnc(C5CCC(C)N5C(=O)C(NC(=O)OC)C(C)OC)[nH]3)ccc2-4)[nH]1.